The fourth-order valence-electron chi connectivity index (χ4n) is 2.03. The molecule has 7 heteroatoms. The summed E-state index contributed by atoms with van der Waals surface area (Å²) in [6, 6.07) is 6.54. The molecule has 1 aliphatic rings. The summed E-state index contributed by atoms with van der Waals surface area (Å²) >= 11 is 1.54. The minimum Gasteiger partial charge on any atom is -0.395 e. The monoisotopic (exact) mass is 280 g/mol. The zero-order valence-electron chi connectivity index (χ0n) is 10.2. The maximum atomic E-state index is 13.8. The lowest BCUT2D eigenvalue weighted by molar-refractivity contribution is 0.178. The molecule has 5 nitrogen and oxygen atoms in total. The molecular weight excluding hydrogens is 267 g/mol. The molecular formula is C12H13FN4OS. The average molecular weight is 280 g/mol. The Hall–Kier alpha value is -1.44. The van der Waals surface area contributed by atoms with Gasteiger partial charge >= 0.3 is 0 Å². The minimum atomic E-state index is -0.304. The first-order chi connectivity index (χ1) is 9.29. The highest BCUT2D eigenvalue weighted by atomic mass is 32.2. The molecule has 0 atom stereocenters. The molecule has 2 aromatic rings. The number of hydrogen-bond acceptors (Lipinski definition) is 5. The van der Waals surface area contributed by atoms with E-state index in [1.54, 1.807) is 18.2 Å². The van der Waals surface area contributed by atoms with Crippen LogP contribution in [0.1, 0.15) is 0 Å². The maximum absolute atomic E-state index is 13.8. The first kappa shape index (κ1) is 12.6. The van der Waals surface area contributed by atoms with Gasteiger partial charge in [-0.15, -0.1) is 10.2 Å². The zero-order chi connectivity index (χ0) is 13.2. The van der Waals surface area contributed by atoms with E-state index in [9.17, 15) is 4.39 Å². The first-order valence-electron chi connectivity index (χ1n) is 5.93. The molecule has 1 aromatic heterocycles. The van der Waals surface area contributed by atoms with Crippen molar-refractivity contribution in [3.05, 3.63) is 30.1 Å². The van der Waals surface area contributed by atoms with E-state index in [0.717, 1.165) is 11.0 Å². The van der Waals surface area contributed by atoms with Crippen LogP contribution in [-0.2, 0) is 6.67 Å². The van der Waals surface area contributed by atoms with E-state index in [2.05, 4.69) is 15.1 Å². The molecule has 1 aromatic carbocycles. The Morgan fingerprint density at radius 1 is 1.32 bits per heavy atom. The van der Waals surface area contributed by atoms with Crippen LogP contribution in [0.3, 0.4) is 0 Å². The van der Waals surface area contributed by atoms with Gasteiger partial charge in [0.25, 0.3) is 0 Å². The number of aliphatic hydroxyl groups excluding tert-OH is 1. The first-order valence-corrected chi connectivity index (χ1v) is 6.92. The van der Waals surface area contributed by atoms with Crippen molar-refractivity contribution in [1.29, 1.82) is 0 Å². The molecule has 0 amide bonds. The molecule has 0 unspecified atom stereocenters. The maximum Gasteiger partial charge on any atom is 0.193 e. The fourth-order valence-corrected chi connectivity index (χ4v) is 2.94. The number of β-amino-alcohol motifs (C(OH)–C–C–N with tert-alkyl or cyclic N) is 1. The van der Waals surface area contributed by atoms with Crippen LogP contribution < -0.4 is 0 Å². The molecule has 0 radical (unpaired) electrons. The number of thioether (sulfide) groups is 1. The molecule has 19 heavy (non-hydrogen) atoms. The van der Waals surface area contributed by atoms with Crippen LogP contribution in [-0.4, -0.2) is 43.8 Å². The second kappa shape index (κ2) is 5.28. The van der Waals surface area contributed by atoms with Crippen LogP contribution in [0.25, 0.3) is 11.4 Å². The van der Waals surface area contributed by atoms with Gasteiger partial charge in [-0.05, 0) is 12.1 Å². The SMILES string of the molecule is OCCN1CSc2nnc(-c3ccccc3F)n2C1. The number of rotatable bonds is 3. The molecule has 3 rings (SSSR count). The summed E-state index contributed by atoms with van der Waals surface area (Å²) in [5, 5.41) is 18.0. The van der Waals surface area contributed by atoms with Crippen LogP contribution >= 0.6 is 11.8 Å². The van der Waals surface area contributed by atoms with Crippen molar-refractivity contribution < 1.29 is 9.50 Å². The normalized spacial score (nSPS) is 15.5. The largest absolute Gasteiger partial charge is 0.395 e. The van der Waals surface area contributed by atoms with Crippen molar-refractivity contribution in [2.45, 2.75) is 11.8 Å². The van der Waals surface area contributed by atoms with Gasteiger partial charge in [0.15, 0.2) is 11.0 Å². The molecule has 0 spiro atoms. The molecule has 0 saturated carbocycles. The Kier molecular flexibility index (Phi) is 3.50. The lowest BCUT2D eigenvalue weighted by atomic mass is 10.2. The molecule has 100 valence electrons. The highest BCUT2D eigenvalue weighted by Gasteiger charge is 2.23. The summed E-state index contributed by atoms with van der Waals surface area (Å²) in [6.45, 7) is 1.26. The van der Waals surface area contributed by atoms with Crippen LogP contribution in [0.4, 0.5) is 4.39 Å². The molecule has 1 N–H and O–H groups in total. The van der Waals surface area contributed by atoms with Crippen molar-refractivity contribution >= 4 is 11.8 Å². The second-order valence-corrected chi connectivity index (χ2v) is 5.16. The number of nitrogens with zero attached hydrogens (tertiary/aromatic N) is 4. The van der Waals surface area contributed by atoms with Crippen LogP contribution in [0, 0.1) is 5.82 Å². The van der Waals surface area contributed by atoms with Crippen LogP contribution in [0.5, 0.6) is 0 Å². The standard InChI is InChI=1S/C12H13FN4OS/c13-10-4-2-1-3-9(10)11-14-15-12-17(11)7-16(5-6-18)8-19-12/h1-4,18H,5-8H2. The number of halogens is 1. The van der Waals surface area contributed by atoms with Gasteiger partial charge in [0, 0.05) is 6.54 Å². The van der Waals surface area contributed by atoms with Gasteiger partial charge in [0.1, 0.15) is 5.82 Å². The Labute approximate surface area is 114 Å². The molecule has 0 fully saturated rings. The van der Waals surface area contributed by atoms with E-state index in [-0.39, 0.29) is 12.4 Å². The van der Waals surface area contributed by atoms with E-state index >= 15 is 0 Å². The third-order valence-corrected chi connectivity index (χ3v) is 4.02. The van der Waals surface area contributed by atoms with E-state index in [1.807, 2.05) is 4.57 Å². The fraction of sp³-hybridized carbons (Fsp3) is 0.333. The Balaban J connectivity index is 1.97. The quantitative estimate of drug-likeness (QED) is 0.921. The summed E-state index contributed by atoms with van der Waals surface area (Å²) in [4.78, 5) is 2.06. The third-order valence-electron chi connectivity index (χ3n) is 2.97. The number of benzene rings is 1. The average Bonchev–Trinajstić information content (AvgIpc) is 2.83. The van der Waals surface area contributed by atoms with Gasteiger partial charge in [-0.3, -0.25) is 9.47 Å². The van der Waals surface area contributed by atoms with Crippen molar-refractivity contribution in [1.82, 2.24) is 19.7 Å². The van der Waals surface area contributed by atoms with Gasteiger partial charge < -0.3 is 5.11 Å². The van der Waals surface area contributed by atoms with Gasteiger partial charge in [0.2, 0.25) is 0 Å². The third kappa shape index (κ3) is 2.36. The molecule has 2 heterocycles. The van der Waals surface area contributed by atoms with Gasteiger partial charge in [-0.2, -0.15) is 0 Å². The van der Waals surface area contributed by atoms with Crippen molar-refractivity contribution in [3.63, 3.8) is 0 Å². The van der Waals surface area contributed by atoms with Crippen LogP contribution in [0.15, 0.2) is 29.4 Å². The number of fused-ring (bicyclic) bond motifs is 1. The van der Waals surface area contributed by atoms with Gasteiger partial charge in [0.05, 0.1) is 24.7 Å². The van der Waals surface area contributed by atoms with Gasteiger partial charge in [-0.1, -0.05) is 23.9 Å². The topological polar surface area (TPSA) is 54.2 Å². The predicted octanol–water partition coefficient (Wildman–Crippen LogP) is 1.40. The Bertz CT molecular complexity index is 589. The van der Waals surface area contributed by atoms with E-state index < -0.39 is 0 Å². The number of aromatic nitrogens is 3. The predicted molar refractivity (Wildman–Crippen MR) is 69.9 cm³/mol. The smallest absolute Gasteiger partial charge is 0.193 e. The molecule has 1 aliphatic heterocycles. The van der Waals surface area contributed by atoms with Crippen molar-refractivity contribution in [3.8, 4) is 11.4 Å². The summed E-state index contributed by atoms with van der Waals surface area (Å²) in [6.07, 6.45) is 0. The molecule has 0 saturated heterocycles. The summed E-state index contributed by atoms with van der Waals surface area (Å²) < 4.78 is 15.7. The van der Waals surface area contributed by atoms with Crippen molar-refractivity contribution in [2.75, 3.05) is 19.0 Å². The van der Waals surface area contributed by atoms with E-state index in [1.165, 1.54) is 17.8 Å². The van der Waals surface area contributed by atoms with Crippen molar-refractivity contribution in [2.24, 2.45) is 0 Å². The lowest BCUT2D eigenvalue weighted by Crippen LogP contribution is -2.32. The highest BCUT2D eigenvalue weighted by Crippen LogP contribution is 2.29. The zero-order valence-corrected chi connectivity index (χ0v) is 11.0. The summed E-state index contributed by atoms with van der Waals surface area (Å²) in [5.74, 6) is 0.987. The molecule has 0 aliphatic carbocycles. The minimum absolute atomic E-state index is 0.104. The number of aliphatic hydroxyl groups is 1. The highest BCUT2D eigenvalue weighted by molar-refractivity contribution is 7.99. The second-order valence-electron chi connectivity index (χ2n) is 4.25. The van der Waals surface area contributed by atoms with E-state index in [0.29, 0.717) is 24.6 Å². The Morgan fingerprint density at radius 3 is 2.95 bits per heavy atom. The molecule has 0 bridgehead atoms. The summed E-state index contributed by atoms with van der Waals surface area (Å²) in [5.41, 5.74) is 0.452. The van der Waals surface area contributed by atoms with E-state index in [4.69, 9.17) is 5.11 Å². The Morgan fingerprint density at radius 2 is 2.16 bits per heavy atom. The lowest BCUT2D eigenvalue weighted by Gasteiger charge is -2.26. The summed E-state index contributed by atoms with van der Waals surface area (Å²) in [7, 11) is 0. The number of hydrogen-bond donors (Lipinski definition) is 1. The van der Waals surface area contributed by atoms with Gasteiger partial charge in [-0.25, -0.2) is 4.39 Å². The van der Waals surface area contributed by atoms with Crippen LogP contribution in [0.2, 0.25) is 0 Å².